The number of allylic oxidation sites excluding steroid dienone is 1. The van der Waals surface area contributed by atoms with Crippen LogP contribution in [-0.4, -0.2) is 53.6 Å². The molecule has 0 aromatic carbocycles. The minimum Gasteiger partial charge on any atom is -0.444 e. The van der Waals surface area contributed by atoms with Crippen LogP contribution >= 0.6 is 0 Å². The first-order valence-corrected chi connectivity index (χ1v) is 11.6. The Bertz CT molecular complexity index is 600. The van der Waals surface area contributed by atoms with Gasteiger partial charge in [0.1, 0.15) is 5.60 Å². The number of aliphatic hydroxyl groups is 1. The lowest BCUT2D eigenvalue weighted by Crippen LogP contribution is -2.47. The molecule has 0 rings (SSSR count). The zero-order valence-electron chi connectivity index (χ0n) is 22.2. The first-order valence-electron chi connectivity index (χ1n) is 11.6. The largest absolute Gasteiger partial charge is 0.444 e. The van der Waals surface area contributed by atoms with Crippen LogP contribution in [0.2, 0.25) is 0 Å². The van der Waals surface area contributed by atoms with Crippen LogP contribution in [-0.2, 0) is 9.47 Å². The van der Waals surface area contributed by atoms with E-state index in [0.29, 0.717) is 0 Å². The van der Waals surface area contributed by atoms with Crippen molar-refractivity contribution < 1.29 is 19.4 Å². The highest BCUT2D eigenvalue weighted by Gasteiger charge is 2.40. The maximum Gasteiger partial charge on any atom is 0.410 e. The number of nitrogens with zero attached hydrogens (tertiary/aromatic N) is 1. The van der Waals surface area contributed by atoms with Crippen molar-refractivity contribution in [3.63, 3.8) is 0 Å². The first kappa shape index (κ1) is 29.7. The van der Waals surface area contributed by atoms with Crippen LogP contribution in [0.3, 0.4) is 0 Å². The Labute approximate surface area is 191 Å². The lowest BCUT2D eigenvalue weighted by atomic mass is 9.68. The molecule has 0 saturated heterocycles. The van der Waals surface area contributed by atoms with Crippen LogP contribution in [0.25, 0.3) is 0 Å². The zero-order chi connectivity index (χ0) is 24.7. The van der Waals surface area contributed by atoms with Crippen molar-refractivity contribution in [2.75, 3.05) is 14.2 Å². The van der Waals surface area contributed by atoms with Crippen molar-refractivity contribution in [2.45, 2.75) is 99.0 Å². The number of hydrogen-bond acceptors (Lipinski definition) is 4. The minimum absolute atomic E-state index is 0.0334. The third kappa shape index (κ3) is 8.61. The SMILES string of the molecule is C=C([C@H](C(/C=C/C)OC)[C@H](C)[C@H](C)[C@@H](C)[C@@H](CC)N(C)C(=O)OC(C)(C)C)C(C)(C)O. The number of carbonyl (C=O) groups is 1. The molecular weight excluding hydrogens is 390 g/mol. The van der Waals surface area contributed by atoms with E-state index in [-0.39, 0.29) is 41.9 Å². The van der Waals surface area contributed by atoms with Crippen molar-refractivity contribution in [3.05, 3.63) is 24.3 Å². The molecule has 6 atom stereocenters. The van der Waals surface area contributed by atoms with E-state index in [0.717, 1.165) is 12.0 Å². The average Bonchev–Trinajstić information content (AvgIpc) is 2.64. The molecule has 0 bridgehead atoms. The quantitative estimate of drug-likeness (QED) is 0.397. The van der Waals surface area contributed by atoms with Gasteiger partial charge in [0.25, 0.3) is 0 Å². The standard InChI is InChI=1S/C26H49NO4/c1-14-16-22(30-13)23(20(6)26(10,11)29)19(5)17(3)18(4)21(15-2)27(12)24(28)31-25(7,8)9/h14,16-19,21-23,29H,6,15H2,1-5,7-13H3/b16-14+/t17-,18-,19-,21-,22?,23-/m1/s1. The molecule has 1 N–H and O–H groups in total. The summed E-state index contributed by atoms with van der Waals surface area (Å²) < 4.78 is 11.4. The van der Waals surface area contributed by atoms with Crippen molar-refractivity contribution >= 4 is 6.09 Å². The molecule has 182 valence electrons. The van der Waals surface area contributed by atoms with E-state index in [1.807, 2.05) is 46.9 Å². The van der Waals surface area contributed by atoms with Gasteiger partial charge in [0.15, 0.2) is 0 Å². The van der Waals surface area contributed by atoms with Gasteiger partial charge in [-0.05, 0) is 71.3 Å². The third-order valence-electron chi connectivity index (χ3n) is 6.63. The number of hydrogen-bond donors (Lipinski definition) is 1. The van der Waals surface area contributed by atoms with Crippen LogP contribution in [0.4, 0.5) is 4.79 Å². The fraction of sp³-hybridized carbons (Fsp3) is 0.808. The van der Waals surface area contributed by atoms with Crippen molar-refractivity contribution in [1.29, 1.82) is 0 Å². The van der Waals surface area contributed by atoms with E-state index in [9.17, 15) is 9.90 Å². The lowest BCUT2D eigenvalue weighted by molar-refractivity contribution is 0.00233. The van der Waals surface area contributed by atoms with Crippen LogP contribution in [0.15, 0.2) is 24.3 Å². The van der Waals surface area contributed by atoms with E-state index in [1.54, 1.807) is 25.9 Å². The summed E-state index contributed by atoms with van der Waals surface area (Å²) in [4.78, 5) is 14.4. The molecule has 0 saturated carbocycles. The second-order valence-electron chi connectivity index (χ2n) is 10.5. The van der Waals surface area contributed by atoms with Crippen LogP contribution in [0.1, 0.15) is 75.7 Å². The molecule has 0 heterocycles. The normalized spacial score (nSPS) is 18.7. The summed E-state index contributed by atoms with van der Waals surface area (Å²) in [6, 6.07) is 0.0334. The maximum atomic E-state index is 12.7. The molecular formula is C26H49NO4. The van der Waals surface area contributed by atoms with E-state index in [1.165, 1.54) is 0 Å². The minimum atomic E-state index is -1.02. The van der Waals surface area contributed by atoms with Gasteiger partial charge >= 0.3 is 6.09 Å². The Hall–Kier alpha value is -1.33. The Morgan fingerprint density at radius 3 is 1.97 bits per heavy atom. The molecule has 5 heteroatoms. The molecule has 0 fully saturated rings. The molecule has 0 aromatic heterocycles. The monoisotopic (exact) mass is 439 g/mol. The zero-order valence-corrected chi connectivity index (χ0v) is 22.2. The van der Waals surface area contributed by atoms with Crippen LogP contribution < -0.4 is 0 Å². The predicted molar refractivity (Wildman–Crippen MR) is 130 cm³/mol. The van der Waals surface area contributed by atoms with Gasteiger partial charge in [0, 0.05) is 26.1 Å². The molecule has 1 amide bonds. The summed E-state index contributed by atoms with van der Waals surface area (Å²) in [5.74, 6) is 0.540. The van der Waals surface area contributed by atoms with Gasteiger partial charge in [-0.1, -0.05) is 46.4 Å². The molecule has 0 aromatic rings. The smallest absolute Gasteiger partial charge is 0.410 e. The van der Waals surface area contributed by atoms with Gasteiger partial charge in [-0.15, -0.1) is 0 Å². The van der Waals surface area contributed by atoms with E-state index in [2.05, 4.69) is 34.3 Å². The van der Waals surface area contributed by atoms with Gasteiger partial charge < -0.3 is 19.5 Å². The van der Waals surface area contributed by atoms with Crippen LogP contribution in [0.5, 0.6) is 0 Å². The molecule has 1 unspecified atom stereocenters. The topological polar surface area (TPSA) is 59.0 Å². The molecule has 0 aliphatic heterocycles. The Kier molecular flexibility index (Phi) is 11.5. The summed E-state index contributed by atoms with van der Waals surface area (Å²) in [6.45, 7) is 24.1. The Balaban J connectivity index is 5.87. The number of rotatable bonds is 11. The molecule has 5 nitrogen and oxygen atoms in total. The van der Waals surface area contributed by atoms with Crippen molar-refractivity contribution in [2.24, 2.45) is 23.7 Å². The molecule has 0 aliphatic carbocycles. The third-order valence-corrected chi connectivity index (χ3v) is 6.63. The van der Waals surface area contributed by atoms with Crippen LogP contribution in [0, 0.1) is 23.7 Å². The summed E-state index contributed by atoms with van der Waals surface area (Å²) in [5, 5.41) is 10.7. The highest BCUT2D eigenvalue weighted by molar-refractivity contribution is 5.68. The van der Waals surface area contributed by atoms with Gasteiger partial charge in [-0.2, -0.15) is 0 Å². The number of amides is 1. The summed E-state index contributed by atoms with van der Waals surface area (Å²) in [5.41, 5.74) is -0.783. The van der Waals surface area contributed by atoms with E-state index >= 15 is 0 Å². The summed E-state index contributed by atoms with van der Waals surface area (Å²) in [6.07, 6.45) is 4.35. The summed E-state index contributed by atoms with van der Waals surface area (Å²) >= 11 is 0. The van der Waals surface area contributed by atoms with Gasteiger partial charge in [0.05, 0.1) is 11.7 Å². The predicted octanol–water partition coefficient (Wildman–Crippen LogP) is 6.07. The second kappa shape index (κ2) is 12.1. The molecule has 0 spiro atoms. The highest BCUT2D eigenvalue weighted by atomic mass is 16.6. The number of ether oxygens (including phenoxy) is 2. The Morgan fingerprint density at radius 2 is 1.61 bits per heavy atom. The molecule has 31 heavy (non-hydrogen) atoms. The Morgan fingerprint density at radius 1 is 1.10 bits per heavy atom. The maximum absolute atomic E-state index is 12.7. The molecule has 0 radical (unpaired) electrons. The number of carbonyl (C=O) groups excluding carboxylic acids is 1. The van der Waals surface area contributed by atoms with Gasteiger partial charge in [-0.3, -0.25) is 0 Å². The fourth-order valence-corrected chi connectivity index (χ4v) is 4.38. The molecule has 0 aliphatic rings. The van der Waals surface area contributed by atoms with Crippen molar-refractivity contribution in [1.82, 2.24) is 4.90 Å². The highest BCUT2D eigenvalue weighted by Crippen LogP contribution is 2.40. The summed E-state index contributed by atoms with van der Waals surface area (Å²) in [7, 11) is 3.52. The second-order valence-corrected chi connectivity index (χ2v) is 10.5. The van der Waals surface area contributed by atoms with E-state index in [4.69, 9.17) is 9.47 Å². The average molecular weight is 440 g/mol. The first-order chi connectivity index (χ1) is 14.0. The number of methoxy groups -OCH3 is 1. The van der Waals surface area contributed by atoms with Crippen molar-refractivity contribution in [3.8, 4) is 0 Å². The van der Waals surface area contributed by atoms with Gasteiger partial charge in [-0.25, -0.2) is 4.79 Å². The van der Waals surface area contributed by atoms with Gasteiger partial charge in [0.2, 0.25) is 0 Å². The van der Waals surface area contributed by atoms with E-state index < -0.39 is 11.2 Å². The lowest BCUT2D eigenvalue weighted by Gasteiger charge is -2.43. The fourth-order valence-electron chi connectivity index (χ4n) is 4.38.